The summed E-state index contributed by atoms with van der Waals surface area (Å²) < 4.78 is 64.4. The minimum atomic E-state index is -5.89. The molecule has 0 aromatic heterocycles. The van der Waals surface area contributed by atoms with Crippen LogP contribution in [0.25, 0.3) is 0 Å². The Labute approximate surface area is 428 Å². The summed E-state index contributed by atoms with van der Waals surface area (Å²) in [7, 11) is -17.5. The fourth-order valence-corrected chi connectivity index (χ4v) is 9.44. The molecule has 10 atom stereocenters. The molecule has 1 rings (SSSR count). The fourth-order valence-electron chi connectivity index (χ4n) is 7.38. The van der Waals surface area contributed by atoms with Crippen LogP contribution in [0.1, 0.15) is 181 Å². The predicted octanol–water partition coefficient (Wildman–Crippen LogP) is 8.64. The van der Waals surface area contributed by atoms with Gasteiger partial charge < -0.3 is 85.8 Å². The van der Waals surface area contributed by atoms with Crippen molar-refractivity contribution in [2.24, 2.45) is 0 Å². The van der Waals surface area contributed by atoms with Gasteiger partial charge in [-0.15, -0.1) is 0 Å². The number of unbranched alkanes of at least 4 members (excludes halogenated alkanes) is 18. The molecule has 426 valence electrons. The van der Waals surface area contributed by atoms with Crippen molar-refractivity contribution in [3.05, 3.63) is 48.6 Å². The van der Waals surface area contributed by atoms with Crippen LogP contribution in [0.4, 0.5) is 0 Å². The second kappa shape index (κ2) is 44.2. The van der Waals surface area contributed by atoms with Crippen molar-refractivity contribution in [1.82, 2.24) is 18.5 Å². The summed E-state index contributed by atoms with van der Waals surface area (Å²) in [6.07, 6.45) is 24.5. The highest BCUT2D eigenvalue weighted by atomic mass is 31.2. The maximum absolute atomic E-state index is 13.0. The molecule has 0 saturated heterocycles. The highest BCUT2D eigenvalue weighted by Gasteiger charge is 2.54. The summed E-state index contributed by atoms with van der Waals surface area (Å²) in [4.78, 5) is 79.6. The number of phosphoric ester groups is 3. The number of carbonyl (C=O) groups is 2. The van der Waals surface area contributed by atoms with E-state index in [0.29, 0.717) is 25.7 Å². The third-order valence-corrected chi connectivity index (χ3v) is 13.1. The number of aliphatic hydroxyl groups is 3. The summed E-state index contributed by atoms with van der Waals surface area (Å²) in [6.45, 7) is 2.76. The lowest BCUT2D eigenvalue weighted by Crippen LogP contribution is -2.65. The van der Waals surface area contributed by atoms with Gasteiger partial charge in [0.05, 0.1) is 6.61 Å². The first-order valence-electron chi connectivity index (χ1n) is 24.9. The Kier molecular flexibility index (Phi) is 45.5. The van der Waals surface area contributed by atoms with E-state index < -0.39 is 91.3 Å². The Morgan fingerprint density at radius 2 is 0.861 bits per heavy atom. The van der Waals surface area contributed by atoms with E-state index in [-0.39, 0.29) is 31.3 Å². The minimum Gasteiger partial charge on any atom is -0.756 e. The minimum absolute atomic E-state index is 0. The molecule has 3 unspecified atom stereocenters. The zero-order chi connectivity index (χ0) is 51.4. The Bertz CT molecular complexity index is 1650. The lowest BCUT2D eigenvalue weighted by atomic mass is 9.85. The average molecular weight is 1100 g/mol. The van der Waals surface area contributed by atoms with Gasteiger partial charge in [0, 0.05) is 12.8 Å². The van der Waals surface area contributed by atoms with Crippen LogP contribution in [0.5, 0.6) is 0 Å². The molecule has 1 saturated carbocycles. The zero-order valence-corrected chi connectivity index (χ0v) is 46.4. The van der Waals surface area contributed by atoms with Crippen LogP contribution in [0.3, 0.4) is 0 Å². The smallest absolute Gasteiger partial charge is 0.306 e. The molecule has 1 aliphatic carbocycles. The van der Waals surface area contributed by atoms with Crippen LogP contribution in [0, 0.1) is 0 Å². The first-order chi connectivity index (χ1) is 32.8. The quantitative estimate of drug-likeness (QED) is 0.0123. The number of phosphoric acid groups is 3. The molecule has 0 aromatic carbocycles. The summed E-state index contributed by atoms with van der Waals surface area (Å²) in [6, 6.07) is 0. The number of hydrogen-bond donors (Lipinski definition) is 8. The maximum Gasteiger partial charge on any atom is 0.306 e. The van der Waals surface area contributed by atoms with Gasteiger partial charge in [-0.2, -0.15) is 0 Å². The van der Waals surface area contributed by atoms with Crippen molar-refractivity contribution in [2.75, 3.05) is 13.2 Å². The summed E-state index contributed by atoms with van der Waals surface area (Å²) in [5, 5.41) is 31.7. The Morgan fingerprint density at radius 1 is 0.486 bits per heavy atom. The Morgan fingerprint density at radius 3 is 1.32 bits per heavy atom. The highest BCUT2D eigenvalue weighted by molar-refractivity contribution is 7.46. The Hall–Kier alpha value is -2.01. The van der Waals surface area contributed by atoms with Crippen molar-refractivity contribution in [3.63, 3.8) is 0 Å². The molecule has 0 amide bonds. The number of ether oxygens (including phenoxy) is 2. The Balaban J connectivity index is -0.0000159. The molecule has 0 spiro atoms. The molecule has 0 bridgehead atoms. The van der Waals surface area contributed by atoms with Gasteiger partial charge in [-0.05, 0) is 51.4 Å². The van der Waals surface area contributed by atoms with Gasteiger partial charge in [0.2, 0.25) is 0 Å². The second-order valence-corrected chi connectivity index (χ2v) is 21.0. The molecule has 22 nitrogen and oxygen atoms in total. The number of carbonyl (C=O) groups excluding carboxylic acids is 2. The van der Waals surface area contributed by atoms with Crippen LogP contribution in [-0.4, -0.2) is 93.0 Å². The van der Waals surface area contributed by atoms with Gasteiger partial charge in [-0.3, -0.25) is 23.3 Å². The third-order valence-electron chi connectivity index (χ3n) is 11.1. The van der Waals surface area contributed by atoms with Crippen LogP contribution in [0.2, 0.25) is 0 Å². The number of esters is 2. The SMILES string of the molecule is CCCCC/C=C\C/C=C\C/C=C\C/C=C\CCCC(=O)O[C@H](COC(=O)CCCCCCCCCCCCCCCCC)COP(=O)([O-])O[C@@H]1[C@H](O)[C@H](O)[C@@H](OP(=O)([O-])O)[C@H](OP(=O)([O-])O)[C@H]1O.[NH4+].[NH4+].[NH4+]. The number of aliphatic hydroxyl groups excluding tert-OH is 3. The van der Waals surface area contributed by atoms with Gasteiger partial charge in [0.1, 0.15) is 43.2 Å². The first-order valence-corrected chi connectivity index (χ1v) is 29.3. The van der Waals surface area contributed by atoms with Crippen LogP contribution >= 0.6 is 23.5 Å². The molecule has 72 heavy (non-hydrogen) atoms. The monoisotopic (exact) mass is 1100 g/mol. The van der Waals surface area contributed by atoms with Crippen molar-refractivity contribution in [1.29, 1.82) is 0 Å². The standard InChI is InChI=1S/C47H85O19P3.3H3N/c1-3-5-7-9-11-13-15-17-19-20-22-24-26-28-30-32-34-36-41(49)63-39(37-61-40(48)35-33-31-29-27-25-23-21-18-16-14-12-10-8-6-4-2)38-62-69(59,60)66-45-42(50)43(51)46(64-67(53,54)55)47(44(45)52)65-68(56,57)58;;;/h11,13,17,19,22,24,28,30,39,42-47,50-52H,3-10,12,14-16,18,20-21,23,25-27,29,31-38H2,1-2H3,(H,59,60)(H2,53,54,55)(H2,56,57,58);3*1H3/b13-11-,19-17-,24-22-,30-28-;;;/t39-,42-,43+,44+,45-,46-,47-;;;/m1.../s1. The lowest BCUT2D eigenvalue weighted by Gasteiger charge is -2.47. The summed E-state index contributed by atoms with van der Waals surface area (Å²) in [5.74, 6) is -1.42. The number of quaternary nitrogens is 3. The normalized spacial score (nSPS) is 22.1. The molecule has 17 N–H and O–H groups in total. The molecule has 25 heteroatoms. The lowest BCUT2D eigenvalue weighted by molar-refractivity contribution is -0.280. The number of rotatable bonds is 42. The van der Waals surface area contributed by atoms with E-state index in [9.17, 15) is 58.2 Å². The van der Waals surface area contributed by atoms with E-state index in [4.69, 9.17) is 23.4 Å². The number of hydrogen-bond acceptors (Lipinski definition) is 17. The summed E-state index contributed by atoms with van der Waals surface area (Å²) >= 11 is 0. The van der Waals surface area contributed by atoms with E-state index >= 15 is 0 Å². The molecule has 0 aromatic rings. The van der Waals surface area contributed by atoms with Gasteiger partial charge in [0.25, 0.3) is 23.5 Å². The second-order valence-electron chi connectivity index (χ2n) is 17.3. The van der Waals surface area contributed by atoms with Gasteiger partial charge in [-0.1, -0.05) is 165 Å². The van der Waals surface area contributed by atoms with E-state index in [2.05, 4.69) is 53.3 Å². The van der Waals surface area contributed by atoms with Crippen molar-refractivity contribution in [3.8, 4) is 0 Å². The van der Waals surface area contributed by atoms with Crippen molar-refractivity contribution >= 4 is 35.4 Å². The third kappa shape index (κ3) is 39.4. The maximum atomic E-state index is 13.0. The predicted molar refractivity (Wildman–Crippen MR) is 273 cm³/mol. The van der Waals surface area contributed by atoms with Gasteiger partial charge >= 0.3 is 11.9 Å². The molecule has 1 aliphatic rings. The van der Waals surface area contributed by atoms with Gasteiger partial charge in [0.15, 0.2) is 6.10 Å². The van der Waals surface area contributed by atoms with E-state index in [1.54, 1.807) is 0 Å². The van der Waals surface area contributed by atoms with Crippen LogP contribution in [-0.2, 0) is 50.9 Å². The fraction of sp³-hybridized carbons (Fsp3) is 0.787. The van der Waals surface area contributed by atoms with E-state index in [1.807, 2.05) is 18.2 Å². The topological polar surface area (TPSA) is 421 Å². The van der Waals surface area contributed by atoms with Crippen LogP contribution < -0.4 is 33.1 Å². The molecule has 0 aliphatic heterocycles. The molecule has 1 fully saturated rings. The van der Waals surface area contributed by atoms with Crippen LogP contribution in [0.15, 0.2) is 48.6 Å². The highest BCUT2D eigenvalue weighted by Crippen LogP contribution is 2.48. The molecular weight excluding hydrogens is 1000 g/mol. The largest absolute Gasteiger partial charge is 0.756 e. The molecular formula is C47H94N3O19P3. The van der Waals surface area contributed by atoms with Gasteiger partial charge in [-0.25, -0.2) is 0 Å². The van der Waals surface area contributed by atoms with Crippen molar-refractivity contribution in [2.45, 2.75) is 224 Å². The van der Waals surface area contributed by atoms with Crippen molar-refractivity contribution < 1.29 is 90.6 Å². The van der Waals surface area contributed by atoms with E-state index in [1.165, 1.54) is 83.5 Å². The average Bonchev–Trinajstić information content (AvgIpc) is 3.28. The molecule has 0 heterocycles. The first kappa shape index (κ1) is 74.2. The number of allylic oxidation sites excluding steroid dienone is 8. The molecule has 0 radical (unpaired) electrons. The zero-order valence-electron chi connectivity index (χ0n) is 43.8. The van der Waals surface area contributed by atoms with E-state index in [0.717, 1.165) is 44.9 Å². The summed E-state index contributed by atoms with van der Waals surface area (Å²) in [5.41, 5.74) is 0.